The second-order valence-electron chi connectivity index (χ2n) is 7.72. The number of esters is 1. The first kappa shape index (κ1) is 26.8. The normalized spacial score (nSPS) is 20.8. The summed E-state index contributed by atoms with van der Waals surface area (Å²) in [4.78, 5) is 26.6. The molecule has 0 spiro atoms. The third-order valence-electron chi connectivity index (χ3n) is 5.02. The summed E-state index contributed by atoms with van der Waals surface area (Å²) in [7, 11) is -10.2. The predicted octanol–water partition coefficient (Wildman–Crippen LogP) is 5.34. The molecule has 2 aliphatic rings. The minimum absolute atomic E-state index is 0.0272. The van der Waals surface area contributed by atoms with Crippen molar-refractivity contribution < 1.29 is 56.7 Å². The van der Waals surface area contributed by atoms with E-state index in [4.69, 9.17) is 9.57 Å². The fourth-order valence-electron chi connectivity index (χ4n) is 3.15. The zero-order chi connectivity index (χ0) is 26.5. The number of nitroso groups, excluding NO2 is 1. The highest BCUT2D eigenvalue weighted by Gasteiger charge is 2.66. The van der Waals surface area contributed by atoms with E-state index in [2.05, 4.69) is 4.74 Å². The molecule has 0 aliphatic carbocycles. The van der Waals surface area contributed by atoms with Crippen molar-refractivity contribution in [3.05, 3.63) is 33.7 Å². The minimum atomic E-state index is -10.2. The number of nitrogens with one attached hydrogen (secondary N) is 1. The molecule has 2 heterocycles. The minimum Gasteiger partial charge on any atom is -0.475 e. The molecule has 2 atom stereocenters. The summed E-state index contributed by atoms with van der Waals surface area (Å²) < 4.78 is 117. The van der Waals surface area contributed by atoms with Gasteiger partial charge in [-0.3, -0.25) is 0 Å². The van der Waals surface area contributed by atoms with Gasteiger partial charge in [-0.05, 0) is 36.6 Å². The largest absolute Gasteiger partial charge is 0.475 e. The van der Waals surface area contributed by atoms with Crippen LogP contribution in [-0.2, 0) is 20.8 Å². The van der Waals surface area contributed by atoms with E-state index in [0.29, 0.717) is 19.2 Å². The van der Waals surface area contributed by atoms with Gasteiger partial charge in [-0.2, -0.15) is 18.0 Å². The molecular formula is C18H20F8N3O5S+. The van der Waals surface area contributed by atoms with Crippen molar-refractivity contribution in [2.24, 2.45) is 0 Å². The van der Waals surface area contributed by atoms with Crippen LogP contribution in [0.2, 0.25) is 0 Å². The zero-order valence-corrected chi connectivity index (χ0v) is 18.9. The van der Waals surface area contributed by atoms with Gasteiger partial charge in [0, 0.05) is 18.1 Å². The monoisotopic (exact) mass is 542 g/mol. The predicted molar refractivity (Wildman–Crippen MR) is 105 cm³/mol. The van der Waals surface area contributed by atoms with Gasteiger partial charge in [-0.15, -0.1) is 5.01 Å². The second kappa shape index (κ2) is 8.11. The van der Waals surface area contributed by atoms with Crippen LogP contribution in [0.3, 0.4) is 0 Å². The van der Waals surface area contributed by atoms with E-state index < -0.39 is 62.1 Å². The molecule has 17 heteroatoms. The smallest absolute Gasteiger partial charge is 0.430 e. The first-order valence-electron chi connectivity index (χ1n) is 10.0. The molecule has 0 aromatic heterocycles. The Morgan fingerprint density at radius 2 is 1.89 bits per heavy atom. The van der Waals surface area contributed by atoms with E-state index in [1.54, 1.807) is 0 Å². The summed E-state index contributed by atoms with van der Waals surface area (Å²) in [6.45, 7) is 3.09. The van der Waals surface area contributed by atoms with E-state index in [-0.39, 0.29) is 23.5 Å². The summed E-state index contributed by atoms with van der Waals surface area (Å²) in [6.07, 6.45) is -9.11. The number of carbonyl (C=O) groups is 1. The second-order valence-corrected chi connectivity index (χ2v) is 10.1. The Morgan fingerprint density at radius 1 is 1.26 bits per heavy atom. The molecule has 2 aliphatic heterocycles. The number of hydrazine groups is 2. The van der Waals surface area contributed by atoms with Crippen LogP contribution < -0.4 is 10.3 Å². The van der Waals surface area contributed by atoms with Crippen molar-refractivity contribution in [1.82, 2.24) is 10.6 Å². The average molecular weight is 542 g/mol. The van der Waals surface area contributed by atoms with Gasteiger partial charge in [-0.1, -0.05) is 26.4 Å². The number of carbonyl (C=O) groups excluding carboxylic acids is 1. The van der Waals surface area contributed by atoms with Gasteiger partial charge in [0.2, 0.25) is 12.4 Å². The summed E-state index contributed by atoms with van der Waals surface area (Å²) in [5.41, 5.74) is -0.830. The lowest BCUT2D eigenvalue weighted by Gasteiger charge is -2.41. The molecule has 8 nitrogen and oxygen atoms in total. The van der Waals surface area contributed by atoms with Crippen LogP contribution in [0.15, 0.2) is 22.6 Å². The molecule has 35 heavy (non-hydrogen) atoms. The molecule has 1 aromatic carbocycles. The van der Waals surface area contributed by atoms with Crippen LogP contribution in [-0.4, -0.2) is 47.6 Å². The lowest BCUT2D eigenvalue weighted by Crippen LogP contribution is -2.50. The number of aryl methyl sites for hydroxylation is 1. The lowest BCUT2D eigenvalue weighted by atomic mass is 9.98. The van der Waals surface area contributed by atoms with Crippen LogP contribution in [0, 0.1) is 4.91 Å². The van der Waals surface area contributed by atoms with Crippen LogP contribution >= 0.6 is 10.2 Å². The maximum atomic E-state index is 13.6. The molecular weight excluding hydrogens is 522 g/mol. The molecule has 1 aromatic rings. The first-order valence-corrected chi connectivity index (χ1v) is 12.0. The molecule has 1 unspecified atom stereocenters. The number of ether oxygens (including phenoxy) is 2. The lowest BCUT2D eigenvalue weighted by molar-refractivity contribution is -0.801. The number of halogens is 8. The average Bonchev–Trinajstić information content (AvgIpc) is 2.66. The van der Waals surface area contributed by atoms with E-state index in [1.165, 1.54) is 11.9 Å². The highest BCUT2D eigenvalue weighted by molar-refractivity contribution is 8.45. The summed E-state index contributed by atoms with van der Waals surface area (Å²) >= 11 is 0. The van der Waals surface area contributed by atoms with Gasteiger partial charge in [0.05, 0.1) is 23.6 Å². The van der Waals surface area contributed by atoms with Gasteiger partial charge in [-0.25, -0.2) is 4.79 Å². The molecule has 0 amide bonds. The maximum absolute atomic E-state index is 13.6. The van der Waals surface area contributed by atoms with Gasteiger partial charge >= 0.3 is 22.4 Å². The summed E-state index contributed by atoms with van der Waals surface area (Å²) in [5.74, 6) is -2.44. The highest BCUT2D eigenvalue weighted by Crippen LogP contribution is 3.02. The summed E-state index contributed by atoms with van der Waals surface area (Å²) in [6, 6.07) is -0.0564. The Balaban J connectivity index is 1.93. The number of fused-ring (bicyclic) bond motifs is 1. The Kier molecular flexibility index (Phi) is 6.20. The standard InChI is InChI=1S/C18H20F8N3O5S/c1-3-11-7-13(35(22,23,24,25)26)8-12-9-14(16(18(19,20)21)33-15(11)12)17(30)32-10(2)34-27-29(31)28-5-4-6-28/h7-10,16H,3-6H2,1-2H3,(H,27,31)/q+1/t10?,16-/m0/s1. The number of nitrogens with zero attached hydrogens (tertiary/aromatic N) is 2. The van der Waals surface area contributed by atoms with Gasteiger partial charge in [0.1, 0.15) is 10.6 Å². The zero-order valence-electron chi connectivity index (χ0n) is 18.1. The number of benzene rings is 1. The quantitative estimate of drug-likeness (QED) is 0.156. The molecule has 0 bridgehead atoms. The Labute approximate surface area is 193 Å². The Bertz CT molecular complexity index is 1070. The van der Waals surface area contributed by atoms with Gasteiger partial charge in [0.15, 0.2) is 0 Å². The Morgan fingerprint density at radius 3 is 2.37 bits per heavy atom. The topological polar surface area (TPSA) is 80.1 Å². The number of rotatable bonds is 8. The molecule has 1 saturated heterocycles. The molecule has 0 saturated carbocycles. The van der Waals surface area contributed by atoms with Gasteiger partial charge in [0.25, 0.3) is 4.98 Å². The third-order valence-corrected chi connectivity index (χ3v) is 6.14. The van der Waals surface area contributed by atoms with Crippen molar-refractivity contribution in [1.29, 1.82) is 0 Å². The van der Waals surface area contributed by atoms with Crippen LogP contribution in [0.5, 0.6) is 5.75 Å². The molecule has 1 N–H and O–H groups in total. The first-order chi connectivity index (χ1) is 15.8. The van der Waals surface area contributed by atoms with E-state index in [0.717, 1.165) is 13.3 Å². The van der Waals surface area contributed by atoms with Crippen LogP contribution in [0.25, 0.3) is 6.08 Å². The maximum Gasteiger partial charge on any atom is 0.430 e. The van der Waals surface area contributed by atoms with Gasteiger partial charge < -0.3 is 9.47 Å². The van der Waals surface area contributed by atoms with E-state index in [9.17, 15) is 42.3 Å². The fourth-order valence-corrected chi connectivity index (χ4v) is 3.87. The number of hydrogen-bond donors (Lipinski definition) is 1. The summed E-state index contributed by atoms with van der Waals surface area (Å²) in [5, 5.41) is 1.24. The van der Waals surface area contributed by atoms with Crippen molar-refractivity contribution in [2.75, 3.05) is 13.1 Å². The molecule has 198 valence electrons. The van der Waals surface area contributed by atoms with Crippen LogP contribution in [0.1, 0.15) is 31.4 Å². The molecule has 0 radical (unpaired) electrons. The number of alkyl halides is 3. The van der Waals surface area contributed by atoms with E-state index >= 15 is 0 Å². The van der Waals surface area contributed by atoms with Crippen molar-refractivity contribution in [2.45, 2.75) is 50.2 Å². The fraction of sp³-hybridized carbons (Fsp3) is 0.500. The van der Waals surface area contributed by atoms with E-state index in [1.807, 2.05) is 5.59 Å². The third kappa shape index (κ3) is 6.06. The van der Waals surface area contributed by atoms with Crippen molar-refractivity contribution in [3.8, 4) is 5.75 Å². The van der Waals surface area contributed by atoms with Crippen LogP contribution in [0.4, 0.5) is 32.6 Å². The molecule has 3 rings (SSSR count). The highest BCUT2D eigenvalue weighted by atomic mass is 32.5. The number of hydrogen-bond acceptors (Lipinski definition) is 5. The SMILES string of the molecule is CCc1cc(S(F)(F)(F)(F)F)cc2c1O[C@H](C(F)(F)F)C(C(=O)OC(C)ON[N+](=O)N1CCC1)=C2. The molecule has 1 fully saturated rings. The Hall–Kier alpha value is -2.82. The van der Waals surface area contributed by atoms with Crippen molar-refractivity contribution >= 4 is 22.3 Å². The van der Waals surface area contributed by atoms with Crippen molar-refractivity contribution in [3.63, 3.8) is 0 Å².